The number of nitrogens with zero attached hydrogens (tertiary/aromatic N) is 2. The Hall–Kier alpha value is -0.810. The summed E-state index contributed by atoms with van der Waals surface area (Å²) in [5.41, 5.74) is 2.34. The zero-order valence-electron chi connectivity index (χ0n) is 12.1. The van der Waals surface area contributed by atoms with Gasteiger partial charge in [0, 0.05) is 39.3 Å². The second-order valence-electron chi connectivity index (χ2n) is 5.12. The van der Waals surface area contributed by atoms with Gasteiger partial charge in [-0.3, -0.25) is 4.90 Å². The van der Waals surface area contributed by atoms with Crippen LogP contribution >= 0.6 is 11.6 Å². The van der Waals surface area contributed by atoms with E-state index in [1.807, 2.05) is 0 Å². The molecule has 0 unspecified atom stereocenters. The number of piperazine rings is 1. The fraction of sp³-hybridized carbons (Fsp3) is 0.600. The fourth-order valence-electron chi connectivity index (χ4n) is 2.54. The van der Waals surface area contributed by atoms with Crippen molar-refractivity contribution in [1.82, 2.24) is 10.2 Å². The summed E-state index contributed by atoms with van der Waals surface area (Å²) < 4.78 is 0. The number of β-amino-alcohol motifs (C(OH)–C–C–N with tert-alkyl or cyclic N) is 1. The summed E-state index contributed by atoms with van der Waals surface area (Å²) in [7, 11) is 0. The summed E-state index contributed by atoms with van der Waals surface area (Å²) in [4.78, 5) is 4.61. The summed E-state index contributed by atoms with van der Waals surface area (Å²) in [6.07, 6.45) is 0. The first kappa shape index (κ1) is 15.6. The molecule has 2 N–H and O–H groups in total. The Morgan fingerprint density at radius 2 is 2.00 bits per heavy atom. The molecule has 0 saturated carbocycles. The molecule has 1 aromatic carbocycles. The summed E-state index contributed by atoms with van der Waals surface area (Å²) in [5, 5.41) is 13.1. The van der Waals surface area contributed by atoms with Crippen molar-refractivity contribution in [2.45, 2.75) is 13.5 Å². The molecule has 5 heteroatoms. The van der Waals surface area contributed by atoms with Crippen LogP contribution < -0.4 is 10.2 Å². The Kier molecular flexibility index (Phi) is 6.10. The summed E-state index contributed by atoms with van der Waals surface area (Å²) in [6, 6.07) is 6.32. The van der Waals surface area contributed by atoms with E-state index >= 15 is 0 Å². The molecule has 0 aliphatic carbocycles. The number of hydrogen-bond acceptors (Lipinski definition) is 4. The van der Waals surface area contributed by atoms with Crippen molar-refractivity contribution in [1.29, 1.82) is 0 Å². The number of aliphatic hydroxyl groups excluding tert-OH is 1. The van der Waals surface area contributed by atoms with Crippen molar-refractivity contribution in [2.75, 3.05) is 50.8 Å². The molecule has 4 nitrogen and oxygen atoms in total. The minimum Gasteiger partial charge on any atom is -0.395 e. The van der Waals surface area contributed by atoms with Crippen molar-refractivity contribution >= 4 is 17.3 Å². The van der Waals surface area contributed by atoms with Crippen LogP contribution in [0.25, 0.3) is 0 Å². The normalized spacial score (nSPS) is 16.6. The molecule has 20 heavy (non-hydrogen) atoms. The lowest BCUT2D eigenvalue weighted by Gasteiger charge is -2.36. The molecule has 0 spiro atoms. The van der Waals surface area contributed by atoms with Crippen LogP contribution in [-0.2, 0) is 6.54 Å². The number of hydrogen-bond donors (Lipinski definition) is 2. The van der Waals surface area contributed by atoms with Crippen LogP contribution in [-0.4, -0.2) is 55.9 Å². The van der Waals surface area contributed by atoms with Gasteiger partial charge in [0.15, 0.2) is 0 Å². The van der Waals surface area contributed by atoms with Gasteiger partial charge in [0.05, 0.1) is 17.3 Å². The maximum absolute atomic E-state index is 8.96. The van der Waals surface area contributed by atoms with Crippen molar-refractivity contribution in [2.24, 2.45) is 0 Å². The van der Waals surface area contributed by atoms with Crippen molar-refractivity contribution in [3.63, 3.8) is 0 Å². The van der Waals surface area contributed by atoms with Gasteiger partial charge in [-0.2, -0.15) is 0 Å². The lowest BCUT2D eigenvalue weighted by molar-refractivity contribution is 0.189. The second kappa shape index (κ2) is 7.84. The third-order valence-corrected chi connectivity index (χ3v) is 4.02. The summed E-state index contributed by atoms with van der Waals surface area (Å²) in [5.74, 6) is 0. The average molecular weight is 298 g/mol. The number of nitrogens with one attached hydrogen (secondary N) is 1. The zero-order chi connectivity index (χ0) is 14.4. The van der Waals surface area contributed by atoms with Crippen LogP contribution in [0.3, 0.4) is 0 Å². The molecular weight excluding hydrogens is 274 g/mol. The molecule has 0 aromatic heterocycles. The maximum atomic E-state index is 8.96. The molecule has 1 heterocycles. The SMILES string of the molecule is CCNCc1ccc(N2CCN(CCO)CC2)c(Cl)c1. The Morgan fingerprint density at radius 3 is 2.60 bits per heavy atom. The van der Waals surface area contributed by atoms with E-state index < -0.39 is 0 Å². The minimum atomic E-state index is 0.236. The average Bonchev–Trinajstić information content (AvgIpc) is 2.47. The first-order valence-electron chi connectivity index (χ1n) is 7.32. The maximum Gasteiger partial charge on any atom is 0.0642 e. The number of aliphatic hydroxyl groups is 1. The Bertz CT molecular complexity index is 420. The lowest BCUT2D eigenvalue weighted by Crippen LogP contribution is -2.47. The highest BCUT2D eigenvalue weighted by Crippen LogP contribution is 2.27. The molecule has 112 valence electrons. The molecule has 1 fully saturated rings. The van der Waals surface area contributed by atoms with Crippen LogP contribution in [0.1, 0.15) is 12.5 Å². The quantitative estimate of drug-likeness (QED) is 0.836. The van der Waals surface area contributed by atoms with Crippen LogP contribution in [0.15, 0.2) is 18.2 Å². The summed E-state index contributed by atoms with van der Waals surface area (Å²) >= 11 is 6.42. The molecule has 1 aliphatic heterocycles. The van der Waals surface area contributed by atoms with Gasteiger partial charge in [-0.1, -0.05) is 24.6 Å². The van der Waals surface area contributed by atoms with Crippen LogP contribution in [0.4, 0.5) is 5.69 Å². The molecule has 1 aliphatic rings. The number of rotatable bonds is 6. The minimum absolute atomic E-state index is 0.236. The van der Waals surface area contributed by atoms with Gasteiger partial charge in [0.1, 0.15) is 0 Å². The van der Waals surface area contributed by atoms with Gasteiger partial charge in [-0.05, 0) is 24.2 Å². The molecule has 0 atom stereocenters. The Balaban J connectivity index is 1.96. The van der Waals surface area contributed by atoms with Gasteiger partial charge in [0.25, 0.3) is 0 Å². The monoisotopic (exact) mass is 297 g/mol. The molecule has 1 aromatic rings. The Labute approximate surface area is 126 Å². The molecular formula is C15H24ClN3O. The fourth-order valence-corrected chi connectivity index (χ4v) is 2.86. The molecule has 2 rings (SSSR count). The number of anilines is 1. The van der Waals surface area contributed by atoms with Gasteiger partial charge in [-0.15, -0.1) is 0 Å². The highest BCUT2D eigenvalue weighted by Gasteiger charge is 2.18. The smallest absolute Gasteiger partial charge is 0.0642 e. The first-order valence-corrected chi connectivity index (χ1v) is 7.69. The van der Waals surface area contributed by atoms with Gasteiger partial charge >= 0.3 is 0 Å². The van der Waals surface area contributed by atoms with E-state index in [0.29, 0.717) is 0 Å². The number of benzene rings is 1. The van der Waals surface area contributed by atoms with Gasteiger partial charge in [-0.25, -0.2) is 0 Å². The molecule has 1 saturated heterocycles. The van der Waals surface area contributed by atoms with Crippen LogP contribution in [0.2, 0.25) is 5.02 Å². The predicted molar refractivity (Wildman–Crippen MR) is 84.6 cm³/mol. The third kappa shape index (κ3) is 4.09. The van der Waals surface area contributed by atoms with Crippen molar-refractivity contribution in [3.8, 4) is 0 Å². The zero-order valence-corrected chi connectivity index (χ0v) is 12.9. The second-order valence-corrected chi connectivity index (χ2v) is 5.53. The predicted octanol–water partition coefficient (Wildman–Crippen LogP) is 1.56. The molecule has 0 amide bonds. The van der Waals surface area contributed by atoms with E-state index in [1.165, 1.54) is 5.56 Å². The number of halogens is 1. The van der Waals surface area contributed by atoms with Crippen LogP contribution in [0.5, 0.6) is 0 Å². The Morgan fingerprint density at radius 1 is 1.25 bits per heavy atom. The molecule has 0 radical (unpaired) electrons. The van der Waals surface area contributed by atoms with E-state index in [-0.39, 0.29) is 6.61 Å². The highest BCUT2D eigenvalue weighted by molar-refractivity contribution is 6.33. The van der Waals surface area contributed by atoms with Gasteiger partial charge in [0.2, 0.25) is 0 Å². The van der Waals surface area contributed by atoms with Crippen LogP contribution in [0, 0.1) is 0 Å². The van der Waals surface area contributed by atoms with E-state index in [9.17, 15) is 0 Å². The largest absolute Gasteiger partial charge is 0.395 e. The van der Waals surface area contributed by atoms with Gasteiger partial charge < -0.3 is 15.3 Å². The van der Waals surface area contributed by atoms with E-state index in [1.54, 1.807) is 0 Å². The van der Waals surface area contributed by atoms with E-state index in [2.05, 4.69) is 40.2 Å². The van der Waals surface area contributed by atoms with E-state index in [4.69, 9.17) is 16.7 Å². The first-order chi connectivity index (χ1) is 9.74. The topological polar surface area (TPSA) is 38.7 Å². The summed E-state index contributed by atoms with van der Waals surface area (Å²) in [6.45, 7) is 8.82. The van der Waals surface area contributed by atoms with Crippen molar-refractivity contribution < 1.29 is 5.11 Å². The van der Waals surface area contributed by atoms with E-state index in [0.717, 1.165) is 56.5 Å². The lowest BCUT2D eigenvalue weighted by atomic mass is 10.1. The third-order valence-electron chi connectivity index (χ3n) is 3.72. The standard InChI is InChI=1S/C15H24ClN3O/c1-2-17-12-13-3-4-15(14(16)11-13)19-7-5-18(6-8-19)9-10-20/h3-4,11,17,20H,2,5-10,12H2,1H3. The van der Waals surface area contributed by atoms with Crippen molar-refractivity contribution in [3.05, 3.63) is 28.8 Å². The highest BCUT2D eigenvalue weighted by atomic mass is 35.5. The molecule has 0 bridgehead atoms.